The van der Waals surface area contributed by atoms with Gasteiger partial charge in [0.1, 0.15) is 0 Å². The van der Waals surface area contributed by atoms with E-state index in [1.807, 2.05) is 30.3 Å². The molecule has 28 heavy (non-hydrogen) atoms. The second-order valence-electron chi connectivity index (χ2n) is 8.10. The Balaban J connectivity index is 1.91. The van der Waals surface area contributed by atoms with Gasteiger partial charge in [-0.3, -0.25) is 4.79 Å². The summed E-state index contributed by atoms with van der Waals surface area (Å²) in [6.45, 7) is 6.17. The second kappa shape index (κ2) is 8.78. The molecule has 0 radical (unpaired) electrons. The van der Waals surface area contributed by atoms with Crippen LogP contribution in [-0.2, 0) is 4.79 Å². The fourth-order valence-electron chi connectivity index (χ4n) is 4.37. The summed E-state index contributed by atoms with van der Waals surface area (Å²) < 4.78 is 0. The molecule has 3 atom stereocenters. The first-order valence-electron chi connectivity index (χ1n) is 10.2. The topological polar surface area (TPSA) is 81.7 Å². The summed E-state index contributed by atoms with van der Waals surface area (Å²) in [6, 6.07) is 8.38. The Hall–Kier alpha value is -2.34. The fraction of sp³-hybridized carbons (Fsp3) is 0.545. The van der Waals surface area contributed by atoms with E-state index >= 15 is 0 Å². The first-order chi connectivity index (χ1) is 13.4. The van der Waals surface area contributed by atoms with Crippen molar-refractivity contribution in [3.05, 3.63) is 48.6 Å². The molecule has 1 aromatic carbocycles. The predicted octanol–water partition coefficient (Wildman–Crippen LogP) is 2.75. The van der Waals surface area contributed by atoms with E-state index in [9.17, 15) is 14.7 Å². The van der Waals surface area contributed by atoms with E-state index in [0.717, 1.165) is 31.2 Å². The third kappa shape index (κ3) is 4.38. The van der Waals surface area contributed by atoms with Crippen LogP contribution in [0.1, 0.15) is 50.6 Å². The first-order valence-corrected chi connectivity index (χ1v) is 10.2. The minimum absolute atomic E-state index is 0.00260. The molecule has 2 fully saturated rings. The minimum Gasteiger partial charge on any atom is -0.388 e. The number of nitrogens with zero attached hydrogens (tertiary/aromatic N) is 1. The van der Waals surface area contributed by atoms with Gasteiger partial charge in [0, 0.05) is 19.0 Å². The van der Waals surface area contributed by atoms with Crippen molar-refractivity contribution in [2.45, 2.75) is 56.7 Å². The number of piperidine rings is 1. The molecular weight excluding hydrogens is 354 g/mol. The van der Waals surface area contributed by atoms with E-state index in [1.165, 1.54) is 0 Å². The summed E-state index contributed by atoms with van der Waals surface area (Å²) in [5.74, 6) is -0.0192. The summed E-state index contributed by atoms with van der Waals surface area (Å²) in [7, 11) is 0. The van der Waals surface area contributed by atoms with Crippen LogP contribution in [0.25, 0.3) is 0 Å². The van der Waals surface area contributed by atoms with Crippen LogP contribution in [0.3, 0.4) is 0 Å². The lowest BCUT2D eigenvalue weighted by Gasteiger charge is -2.49. The smallest absolute Gasteiger partial charge is 0.318 e. The molecule has 3 amide bonds. The molecule has 3 unspecified atom stereocenters. The predicted molar refractivity (Wildman–Crippen MR) is 109 cm³/mol. The molecule has 3 N–H and O–H groups in total. The van der Waals surface area contributed by atoms with Crippen molar-refractivity contribution in [2.24, 2.45) is 5.92 Å². The monoisotopic (exact) mass is 385 g/mol. The molecular formula is C22H31N3O3. The van der Waals surface area contributed by atoms with E-state index in [2.05, 4.69) is 17.2 Å². The Kier molecular flexibility index (Phi) is 6.39. The van der Waals surface area contributed by atoms with Gasteiger partial charge in [-0.25, -0.2) is 4.79 Å². The molecule has 0 bridgehead atoms. The highest BCUT2D eigenvalue weighted by molar-refractivity contribution is 5.80. The average Bonchev–Trinajstić information content (AvgIpc) is 3.23. The number of amides is 3. The number of carbonyl (C=O) groups is 2. The lowest BCUT2D eigenvalue weighted by Crippen LogP contribution is -2.64. The molecule has 0 spiro atoms. The highest BCUT2D eigenvalue weighted by atomic mass is 16.3. The van der Waals surface area contributed by atoms with Gasteiger partial charge in [0.2, 0.25) is 5.91 Å². The van der Waals surface area contributed by atoms with Gasteiger partial charge in [0.05, 0.1) is 17.7 Å². The summed E-state index contributed by atoms with van der Waals surface area (Å²) >= 11 is 0. The van der Waals surface area contributed by atoms with Crippen molar-refractivity contribution in [1.29, 1.82) is 0 Å². The van der Waals surface area contributed by atoms with Crippen molar-refractivity contribution in [1.82, 2.24) is 15.5 Å². The van der Waals surface area contributed by atoms with Crippen molar-refractivity contribution in [2.75, 3.05) is 13.1 Å². The van der Waals surface area contributed by atoms with E-state index in [4.69, 9.17) is 0 Å². The minimum atomic E-state index is -1.11. The third-order valence-corrected chi connectivity index (χ3v) is 6.00. The van der Waals surface area contributed by atoms with Gasteiger partial charge in [-0.05, 0) is 31.7 Å². The summed E-state index contributed by atoms with van der Waals surface area (Å²) in [4.78, 5) is 27.4. The molecule has 0 aromatic heterocycles. The molecule has 1 aromatic rings. The molecule has 152 valence electrons. The maximum atomic E-state index is 12.9. The number of urea groups is 1. The fourth-order valence-corrected chi connectivity index (χ4v) is 4.37. The van der Waals surface area contributed by atoms with Gasteiger partial charge in [-0.1, -0.05) is 49.2 Å². The maximum absolute atomic E-state index is 12.9. The highest BCUT2D eigenvalue weighted by Gasteiger charge is 2.48. The normalized spacial score (nSPS) is 28.0. The number of rotatable bonds is 5. The van der Waals surface area contributed by atoms with Gasteiger partial charge in [-0.15, -0.1) is 6.58 Å². The molecule has 1 heterocycles. The number of benzene rings is 1. The van der Waals surface area contributed by atoms with Crippen LogP contribution in [0.5, 0.6) is 0 Å². The highest BCUT2D eigenvalue weighted by Crippen LogP contribution is 2.37. The number of carbonyl (C=O) groups excluding carboxylic acids is 2. The van der Waals surface area contributed by atoms with Crippen molar-refractivity contribution in [3.63, 3.8) is 0 Å². The number of nitrogens with one attached hydrogen (secondary N) is 2. The lowest BCUT2D eigenvalue weighted by atomic mass is 9.79. The zero-order valence-electron chi connectivity index (χ0n) is 16.6. The van der Waals surface area contributed by atoms with E-state index in [0.29, 0.717) is 19.5 Å². The quantitative estimate of drug-likeness (QED) is 0.682. The van der Waals surface area contributed by atoms with Crippen LogP contribution in [0.15, 0.2) is 43.0 Å². The van der Waals surface area contributed by atoms with Gasteiger partial charge in [0.15, 0.2) is 0 Å². The molecule has 1 saturated carbocycles. The summed E-state index contributed by atoms with van der Waals surface area (Å²) in [5.41, 5.74) is -0.211. The average molecular weight is 386 g/mol. The van der Waals surface area contributed by atoms with Crippen LogP contribution >= 0.6 is 0 Å². The zero-order chi connectivity index (χ0) is 20.1. The molecule has 1 saturated heterocycles. The van der Waals surface area contributed by atoms with Gasteiger partial charge in [-0.2, -0.15) is 0 Å². The van der Waals surface area contributed by atoms with Crippen LogP contribution in [-0.4, -0.2) is 46.7 Å². The Morgan fingerprint density at radius 3 is 2.61 bits per heavy atom. The van der Waals surface area contributed by atoms with Gasteiger partial charge >= 0.3 is 6.03 Å². The van der Waals surface area contributed by atoms with Crippen LogP contribution in [0.2, 0.25) is 0 Å². The summed E-state index contributed by atoms with van der Waals surface area (Å²) in [5, 5.41) is 17.1. The van der Waals surface area contributed by atoms with E-state index < -0.39 is 17.7 Å². The largest absolute Gasteiger partial charge is 0.388 e. The summed E-state index contributed by atoms with van der Waals surface area (Å²) in [6.07, 6.45) is 5.94. The third-order valence-electron chi connectivity index (χ3n) is 6.00. The second-order valence-corrected chi connectivity index (χ2v) is 8.10. The van der Waals surface area contributed by atoms with Crippen molar-refractivity contribution >= 4 is 11.9 Å². The first kappa shape index (κ1) is 20.4. The van der Waals surface area contributed by atoms with Crippen molar-refractivity contribution in [3.8, 4) is 0 Å². The molecule has 3 rings (SSSR count). The molecule has 1 aliphatic heterocycles. The number of likely N-dealkylation sites (tertiary alicyclic amines) is 1. The SMILES string of the molecule is C=CCNC(=O)N1CCC(C)(O)C(NC(=O)C2CCCC2)C1c1ccccc1. The lowest BCUT2D eigenvalue weighted by molar-refractivity contribution is -0.131. The number of aliphatic hydroxyl groups is 1. The Morgan fingerprint density at radius 1 is 1.29 bits per heavy atom. The van der Waals surface area contributed by atoms with E-state index in [1.54, 1.807) is 17.9 Å². The van der Waals surface area contributed by atoms with Crippen LogP contribution < -0.4 is 10.6 Å². The molecule has 1 aliphatic carbocycles. The van der Waals surface area contributed by atoms with E-state index in [-0.39, 0.29) is 17.9 Å². The standard InChI is InChI=1S/C22H31N3O3/c1-3-14-23-21(27)25-15-13-22(2,28)19(18(25)16-9-5-4-6-10-16)24-20(26)17-11-7-8-12-17/h3-6,9-10,17-19,28H,1,7-8,11-15H2,2H3,(H,23,27)(H,24,26). The maximum Gasteiger partial charge on any atom is 0.318 e. The Bertz CT molecular complexity index is 698. The zero-order valence-corrected chi connectivity index (χ0v) is 16.6. The van der Waals surface area contributed by atoms with Gasteiger partial charge in [0.25, 0.3) is 0 Å². The Labute approximate surface area is 167 Å². The van der Waals surface area contributed by atoms with Gasteiger partial charge < -0.3 is 20.6 Å². The van der Waals surface area contributed by atoms with Crippen LogP contribution in [0.4, 0.5) is 4.79 Å². The molecule has 2 aliphatic rings. The molecule has 6 nitrogen and oxygen atoms in total. The number of hydrogen-bond acceptors (Lipinski definition) is 3. The van der Waals surface area contributed by atoms with Crippen molar-refractivity contribution < 1.29 is 14.7 Å². The number of hydrogen-bond donors (Lipinski definition) is 3. The Morgan fingerprint density at radius 2 is 1.96 bits per heavy atom. The molecule has 6 heteroatoms. The van der Waals surface area contributed by atoms with Crippen LogP contribution in [0, 0.1) is 5.92 Å².